The Morgan fingerprint density at radius 2 is 2.05 bits per heavy atom. The van der Waals surface area contributed by atoms with Crippen LogP contribution in [-0.4, -0.2) is 16.9 Å². The fourth-order valence-electron chi connectivity index (χ4n) is 2.29. The molecule has 0 saturated heterocycles. The van der Waals surface area contributed by atoms with E-state index in [2.05, 4.69) is 17.3 Å². The van der Waals surface area contributed by atoms with Crippen LogP contribution in [0.3, 0.4) is 0 Å². The number of rotatable bonds is 5. The summed E-state index contributed by atoms with van der Waals surface area (Å²) in [5.74, 6) is 0.779. The van der Waals surface area contributed by atoms with E-state index in [1.165, 1.54) is 0 Å². The predicted octanol–water partition coefficient (Wildman–Crippen LogP) is 3.89. The van der Waals surface area contributed by atoms with Crippen molar-refractivity contribution in [2.75, 3.05) is 7.11 Å². The Kier molecular flexibility index (Phi) is 5.14. The van der Waals surface area contributed by atoms with Gasteiger partial charge in [0.15, 0.2) is 0 Å². The highest BCUT2D eigenvalue weighted by Crippen LogP contribution is 2.26. The van der Waals surface area contributed by atoms with Gasteiger partial charge in [-0.15, -0.1) is 0 Å². The summed E-state index contributed by atoms with van der Waals surface area (Å²) in [5.41, 5.74) is 3.11. The third-order valence-corrected chi connectivity index (χ3v) is 4.25. The van der Waals surface area contributed by atoms with Crippen molar-refractivity contribution in [3.63, 3.8) is 0 Å². The number of methoxy groups -OCH3 is 1. The van der Waals surface area contributed by atoms with Gasteiger partial charge in [-0.2, -0.15) is 5.10 Å². The molecule has 0 bridgehead atoms. The Morgan fingerprint density at radius 1 is 1.33 bits per heavy atom. The van der Waals surface area contributed by atoms with Crippen LogP contribution in [0, 0.1) is 6.92 Å². The van der Waals surface area contributed by atoms with Crippen LogP contribution in [0.4, 0.5) is 0 Å². The number of benzene rings is 1. The van der Waals surface area contributed by atoms with E-state index >= 15 is 0 Å². The average Bonchev–Trinajstić information content (AvgIpc) is 2.72. The Hall–Kier alpha value is -1.23. The highest BCUT2D eigenvalue weighted by molar-refractivity contribution is 6.42. The number of nitrogens with one attached hydrogen (secondary N) is 1. The average molecular weight is 328 g/mol. The fraction of sp³-hybridized carbons (Fsp3) is 0.400. The zero-order chi connectivity index (χ0) is 15.6. The molecule has 6 heteroatoms. The molecule has 0 amide bonds. The van der Waals surface area contributed by atoms with Gasteiger partial charge in [-0.1, -0.05) is 29.3 Å². The number of aromatic nitrogens is 2. The summed E-state index contributed by atoms with van der Waals surface area (Å²) >= 11 is 12.0. The maximum atomic E-state index is 6.06. The molecule has 0 aliphatic carbocycles. The second kappa shape index (κ2) is 6.69. The number of hydrogen-bond donors (Lipinski definition) is 1. The molecule has 4 nitrogen and oxygen atoms in total. The van der Waals surface area contributed by atoms with Crippen LogP contribution in [0.2, 0.25) is 10.0 Å². The van der Waals surface area contributed by atoms with Gasteiger partial charge in [-0.25, -0.2) is 4.68 Å². The third kappa shape index (κ3) is 3.51. The van der Waals surface area contributed by atoms with Crippen LogP contribution in [0.15, 0.2) is 18.2 Å². The van der Waals surface area contributed by atoms with Gasteiger partial charge >= 0.3 is 0 Å². The standard InChI is InChI=1S/C15H19Cl2N3O/c1-9(11-5-6-13(16)14(17)7-11)18-8-12-10(2)19-20(3)15(12)21-4/h5-7,9,18H,8H2,1-4H3. The van der Waals surface area contributed by atoms with Gasteiger partial charge in [0.2, 0.25) is 5.88 Å². The molecule has 1 unspecified atom stereocenters. The van der Waals surface area contributed by atoms with E-state index in [9.17, 15) is 0 Å². The van der Waals surface area contributed by atoms with Crippen LogP contribution >= 0.6 is 23.2 Å². The molecule has 0 radical (unpaired) electrons. The highest BCUT2D eigenvalue weighted by atomic mass is 35.5. The molecule has 114 valence electrons. The van der Waals surface area contributed by atoms with Gasteiger partial charge < -0.3 is 10.1 Å². The first kappa shape index (κ1) is 16.1. The normalized spacial score (nSPS) is 12.5. The summed E-state index contributed by atoms with van der Waals surface area (Å²) in [6.07, 6.45) is 0. The third-order valence-electron chi connectivity index (χ3n) is 3.51. The van der Waals surface area contributed by atoms with Crippen LogP contribution in [0.1, 0.15) is 29.8 Å². The maximum Gasteiger partial charge on any atom is 0.216 e. The largest absolute Gasteiger partial charge is 0.481 e. The summed E-state index contributed by atoms with van der Waals surface area (Å²) in [6.45, 7) is 4.73. The number of aryl methyl sites for hydroxylation is 2. The molecule has 1 aromatic carbocycles. The molecule has 0 spiro atoms. The van der Waals surface area contributed by atoms with Gasteiger partial charge in [0.05, 0.1) is 28.4 Å². The van der Waals surface area contributed by atoms with Crippen molar-refractivity contribution in [3.8, 4) is 5.88 Å². The topological polar surface area (TPSA) is 39.1 Å². The molecular weight excluding hydrogens is 309 g/mol. The van der Waals surface area contributed by atoms with E-state index < -0.39 is 0 Å². The molecule has 0 aliphatic heterocycles. The SMILES string of the molecule is COc1c(CNC(C)c2ccc(Cl)c(Cl)c2)c(C)nn1C. The first-order valence-corrected chi connectivity index (χ1v) is 7.44. The first-order valence-electron chi connectivity index (χ1n) is 6.68. The van der Waals surface area contributed by atoms with Crippen molar-refractivity contribution in [2.45, 2.75) is 26.4 Å². The molecule has 2 aromatic rings. The maximum absolute atomic E-state index is 6.06. The van der Waals surface area contributed by atoms with Crippen LogP contribution in [-0.2, 0) is 13.6 Å². The van der Waals surface area contributed by atoms with E-state index in [1.807, 2.05) is 32.2 Å². The Labute approximate surface area is 135 Å². The molecule has 2 rings (SSSR count). The highest BCUT2D eigenvalue weighted by Gasteiger charge is 2.15. The Morgan fingerprint density at radius 3 is 2.67 bits per heavy atom. The molecular formula is C15H19Cl2N3O. The number of halogens is 2. The van der Waals surface area contributed by atoms with Crippen LogP contribution < -0.4 is 10.1 Å². The van der Waals surface area contributed by atoms with Gasteiger partial charge in [-0.3, -0.25) is 0 Å². The summed E-state index contributed by atoms with van der Waals surface area (Å²) in [5, 5.41) is 8.96. The minimum absolute atomic E-state index is 0.143. The predicted molar refractivity (Wildman–Crippen MR) is 86.2 cm³/mol. The van der Waals surface area contributed by atoms with Crippen molar-refractivity contribution < 1.29 is 4.74 Å². The first-order chi connectivity index (χ1) is 9.93. The van der Waals surface area contributed by atoms with Crippen molar-refractivity contribution >= 4 is 23.2 Å². The minimum Gasteiger partial charge on any atom is -0.481 e. The van der Waals surface area contributed by atoms with E-state index in [4.69, 9.17) is 27.9 Å². The van der Waals surface area contributed by atoms with E-state index in [1.54, 1.807) is 11.8 Å². The zero-order valence-corrected chi connectivity index (χ0v) is 14.1. The lowest BCUT2D eigenvalue weighted by atomic mass is 10.1. The second-order valence-corrected chi connectivity index (χ2v) is 5.79. The lowest BCUT2D eigenvalue weighted by Crippen LogP contribution is -2.18. The fourth-order valence-corrected chi connectivity index (χ4v) is 2.60. The molecule has 0 aliphatic rings. The summed E-state index contributed by atoms with van der Waals surface area (Å²) < 4.78 is 7.14. The minimum atomic E-state index is 0.143. The number of nitrogens with zero attached hydrogens (tertiary/aromatic N) is 2. The van der Waals surface area contributed by atoms with Crippen molar-refractivity contribution in [1.29, 1.82) is 0 Å². The van der Waals surface area contributed by atoms with Gasteiger partial charge in [0.25, 0.3) is 0 Å². The summed E-state index contributed by atoms with van der Waals surface area (Å²) in [6, 6.07) is 5.81. The molecule has 1 atom stereocenters. The molecule has 1 N–H and O–H groups in total. The van der Waals surface area contributed by atoms with Crippen molar-refractivity contribution in [3.05, 3.63) is 45.1 Å². The van der Waals surface area contributed by atoms with Crippen molar-refractivity contribution in [1.82, 2.24) is 15.1 Å². The van der Waals surface area contributed by atoms with Crippen molar-refractivity contribution in [2.24, 2.45) is 7.05 Å². The van der Waals surface area contributed by atoms with E-state index in [0.29, 0.717) is 16.6 Å². The monoisotopic (exact) mass is 327 g/mol. The smallest absolute Gasteiger partial charge is 0.216 e. The lowest BCUT2D eigenvalue weighted by molar-refractivity contribution is 0.367. The zero-order valence-electron chi connectivity index (χ0n) is 12.6. The van der Waals surface area contributed by atoms with E-state index in [0.717, 1.165) is 22.7 Å². The molecule has 0 fully saturated rings. The number of ether oxygens (including phenoxy) is 1. The number of hydrogen-bond acceptors (Lipinski definition) is 3. The summed E-state index contributed by atoms with van der Waals surface area (Å²) in [7, 11) is 3.53. The molecule has 1 heterocycles. The van der Waals surface area contributed by atoms with Crippen LogP contribution in [0.5, 0.6) is 5.88 Å². The second-order valence-electron chi connectivity index (χ2n) is 4.97. The molecule has 0 saturated carbocycles. The molecule has 1 aromatic heterocycles. The van der Waals surface area contributed by atoms with Gasteiger partial charge in [0.1, 0.15) is 0 Å². The van der Waals surface area contributed by atoms with E-state index in [-0.39, 0.29) is 6.04 Å². The lowest BCUT2D eigenvalue weighted by Gasteiger charge is -2.15. The Balaban J connectivity index is 2.10. The summed E-state index contributed by atoms with van der Waals surface area (Å²) in [4.78, 5) is 0. The Bertz CT molecular complexity index is 640. The van der Waals surface area contributed by atoms with Crippen LogP contribution in [0.25, 0.3) is 0 Å². The van der Waals surface area contributed by atoms with Gasteiger partial charge in [0, 0.05) is 19.6 Å². The molecule has 21 heavy (non-hydrogen) atoms. The quantitative estimate of drug-likeness (QED) is 0.905. The van der Waals surface area contributed by atoms with Gasteiger partial charge in [-0.05, 0) is 31.5 Å².